The summed E-state index contributed by atoms with van der Waals surface area (Å²) >= 11 is 0. The van der Waals surface area contributed by atoms with Gasteiger partial charge in [-0.15, -0.1) is 0 Å². The van der Waals surface area contributed by atoms with Crippen LogP contribution < -0.4 is 14.4 Å². The molecule has 2 aromatic rings. The summed E-state index contributed by atoms with van der Waals surface area (Å²) in [7, 11) is -2.39. The van der Waals surface area contributed by atoms with Gasteiger partial charge in [-0.2, -0.15) is 0 Å². The van der Waals surface area contributed by atoms with Crippen molar-refractivity contribution in [2.24, 2.45) is 0 Å². The number of nitrogens with one attached hydrogen (secondary N) is 1. The molecule has 0 aliphatic carbocycles. The topological polar surface area (TPSA) is 75.7 Å². The molecular formula is C19H22F2N2O4S. The van der Waals surface area contributed by atoms with Crippen molar-refractivity contribution < 1.29 is 26.7 Å². The quantitative estimate of drug-likeness (QED) is 0.759. The van der Waals surface area contributed by atoms with Gasteiger partial charge in [0.2, 0.25) is 15.9 Å². The molecule has 0 bridgehead atoms. The first-order chi connectivity index (χ1) is 13.0. The summed E-state index contributed by atoms with van der Waals surface area (Å²) in [6.07, 6.45) is 0.894. The number of carbonyl (C=O) groups is 1. The fourth-order valence-electron chi connectivity index (χ4n) is 2.74. The van der Waals surface area contributed by atoms with Gasteiger partial charge in [-0.05, 0) is 43.7 Å². The predicted octanol–water partition coefficient (Wildman–Crippen LogP) is 3.01. The van der Waals surface area contributed by atoms with Gasteiger partial charge in [0.25, 0.3) is 0 Å². The summed E-state index contributed by atoms with van der Waals surface area (Å²) in [6, 6.07) is 8.11. The van der Waals surface area contributed by atoms with Gasteiger partial charge in [-0.1, -0.05) is 12.1 Å². The number of ether oxygens (including phenoxy) is 1. The molecule has 0 fully saturated rings. The molecule has 2 aromatic carbocycles. The van der Waals surface area contributed by atoms with Gasteiger partial charge in [0.1, 0.15) is 11.8 Å². The highest BCUT2D eigenvalue weighted by Gasteiger charge is 2.30. The molecule has 0 aromatic heterocycles. The van der Waals surface area contributed by atoms with E-state index in [9.17, 15) is 22.0 Å². The van der Waals surface area contributed by atoms with Crippen molar-refractivity contribution in [1.82, 2.24) is 5.32 Å². The third kappa shape index (κ3) is 4.98. The van der Waals surface area contributed by atoms with Crippen LogP contribution in [0.2, 0.25) is 0 Å². The SMILES string of the molecule is COc1ccc([C@H](C)NC(=O)[C@@H](C)N(c2ccc(F)c(F)c2)S(C)(=O)=O)cc1. The highest BCUT2D eigenvalue weighted by atomic mass is 32.2. The van der Waals surface area contributed by atoms with E-state index in [-0.39, 0.29) is 5.69 Å². The molecule has 152 valence electrons. The number of benzene rings is 2. The number of carbonyl (C=O) groups excluding carboxylic acids is 1. The minimum Gasteiger partial charge on any atom is -0.497 e. The van der Waals surface area contributed by atoms with Crippen LogP contribution in [-0.2, 0) is 14.8 Å². The molecule has 0 saturated heterocycles. The Morgan fingerprint density at radius 1 is 1.07 bits per heavy atom. The molecule has 1 N–H and O–H groups in total. The van der Waals surface area contributed by atoms with Crippen molar-refractivity contribution in [3.63, 3.8) is 0 Å². The number of hydrogen-bond donors (Lipinski definition) is 1. The van der Waals surface area contributed by atoms with Crippen LogP contribution in [0.1, 0.15) is 25.5 Å². The first-order valence-corrected chi connectivity index (χ1v) is 10.3. The molecule has 6 nitrogen and oxygen atoms in total. The molecule has 9 heteroatoms. The number of anilines is 1. The molecule has 0 saturated carbocycles. The van der Waals surface area contributed by atoms with Gasteiger partial charge >= 0.3 is 0 Å². The smallest absolute Gasteiger partial charge is 0.244 e. The fraction of sp³-hybridized carbons (Fsp3) is 0.316. The van der Waals surface area contributed by atoms with E-state index in [4.69, 9.17) is 4.74 Å². The first kappa shape index (κ1) is 21.6. The Balaban J connectivity index is 2.24. The lowest BCUT2D eigenvalue weighted by Gasteiger charge is -2.29. The molecule has 0 radical (unpaired) electrons. The standard InChI is InChI=1S/C19H22F2N2O4S/c1-12(14-5-8-16(27-3)9-6-14)22-19(24)13(2)23(28(4,25)26)15-7-10-17(20)18(21)11-15/h5-13H,1-4H3,(H,22,24)/t12-,13+/m0/s1. The number of amides is 1. The maximum absolute atomic E-state index is 13.6. The first-order valence-electron chi connectivity index (χ1n) is 8.43. The van der Waals surface area contributed by atoms with E-state index >= 15 is 0 Å². The van der Waals surface area contributed by atoms with Gasteiger partial charge in [-0.25, -0.2) is 17.2 Å². The number of sulfonamides is 1. The average Bonchev–Trinajstić information content (AvgIpc) is 2.63. The second kappa shape index (κ2) is 8.55. The number of methoxy groups -OCH3 is 1. The molecule has 0 heterocycles. The van der Waals surface area contributed by atoms with Crippen LogP contribution in [0, 0.1) is 11.6 Å². The zero-order valence-electron chi connectivity index (χ0n) is 15.9. The summed E-state index contributed by atoms with van der Waals surface area (Å²) in [6.45, 7) is 3.12. The Morgan fingerprint density at radius 3 is 2.18 bits per heavy atom. The average molecular weight is 412 g/mol. The van der Waals surface area contributed by atoms with Gasteiger partial charge in [0.15, 0.2) is 11.6 Å². The second-order valence-corrected chi connectivity index (χ2v) is 8.20. The van der Waals surface area contributed by atoms with E-state index < -0.39 is 39.6 Å². The van der Waals surface area contributed by atoms with Crippen molar-refractivity contribution >= 4 is 21.6 Å². The number of halogens is 2. The Bertz CT molecular complexity index is 949. The molecule has 28 heavy (non-hydrogen) atoms. The lowest BCUT2D eigenvalue weighted by Crippen LogP contribution is -2.48. The van der Waals surface area contributed by atoms with Crippen LogP contribution in [0.4, 0.5) is 14.5 Å². The van der Waals surface area contributed by atoms with Crippen LogP contribution in [0.25, 0.3) is 0 Å². The van der Waals surface area contributed by atoms with Gasteiger partial charge in [0, 0.05) is 6.07 Å². The van der Waals surface area contributed by atoms with Gasteiger partial charge in [0.05, 0.1) is 25.1 Å². The third-order valence-electron chi connectivity index (χ3n) is 4.22. The van der Waals surface area contributed by atoms with E-state index in [1.165, 1.54) is 6.92 Å². The lowest BCUT2D eigenvalue weighted by molar-refractivity contribution is -0.122. The van der Waals surface area contributed by atoms with Crippen LogP contribution in [0.5, 0.6) is 5.75 Å². The molecule has 0 unspecified atom stereocenters. The Labute approximate surface area is 163 Å². The minimum absolute atomic E-state index is 0.138. The van der Waals surface area contributed by atoms with Gasteiger partial charge in [-0.3, -0.25) is 9.10 Å². The number of hydrogen-bond acceptors (Lipinski definition) is 4. The predicted molar refractivity (Wildman–Crippen MR) is 103 cm³/mol. The Hall–Kier alpha value is -2.68. The van der Waals surface area contributed by atoms with E-state index in [0.29, 0.717) is 5.75 Å². The highest BCUT2D eigenvalue weighted by molar-refractivity contribution is 7.92. The molecule has 0 spiro atoms. The van der Waals surface area contributed by atoms with Crippen LogP contribution in [-0.4, -0.2) is 33.7 Å². The number of nitrogens with zero attached hydrogens (tertiary/aromatic N) is 1. The maximum Gasteiger partial charge on any atom is 0.244 e. The van der Waals surface area contributed by atoms with Crippen molar-refractivity contribution in [3.05, 3.63) is 59.7 Å². The molecule has 0 aliphatic heterocycles. The van der Waals surface area contributed by atoms with Crippen LogP contribution >= 0.6 is 0 Å². The summed E-state index contributed by atoms with van der Waals surface area (Å²) in [5, 5.41) is 2.73. The zero-order valence-corrected chi connectivity index (χ0v) is 16.8. The van der Waals surface area contributed by atoms with Crippen molar-refractivity contribution in [1.29, 1.82) is 0 Å². The lowest BCUT2D eigenvalue weighted by atomic mass is 10.1. The van der Waals surface area contributed by atoms with E-state index in [1.54, 1.807) is 38.3 Å². The molecular weight excluding hydrogens is 390 g/mol. The van der Waals surface area contributed by atoms with Crippen molar-refractivity contribution in [2.75, 3.05) is 17.7 Å². The summed E-state index contributed by atoms with van der Waals surface area (Å²) in [4.78, 5) is 12.7. The summed E-state index contributed by atoms with van der Waals surface area (Å²) in [5.74, 6) is -2.23. The monoisotopic (exact) mass is 412 g/mol. The van der Waals surface area contributed by atoms with Crippen LogP contribution in [0.3, 0.4) is 0 Å². The zero-order chi connectivity index (χ0) is 21.1. The molecule has 0 aliphatic rings. The molecule has 1 amide bonds. The van der Waals surface area contributed by atoms with E-state index in [0.717, 1.165) is 34.3 Å². The van der Waals surface area contributed by atoms with Crippen LogP contribution in [0.15, 0.2) is 42.5 Å². The maximum atomic E-state index is 13.6. The normalized spacial score (nSPS) is 13.5. The fourth-order valence-corrected chi connectivity index (χ4v) is 3.91. The molecule has 2 rings (SSSR count). The summed E-state index contributed by atoms with van der Waals surface area (Å²) < 4.78 is 57.1. The van der Waals surface area contributed by atoms with E-state index in [1.807, 2.05) is 0 Å². The Kier molecular flexibility index (Phi) is 6.60. The minimum atomic E-state index is -3.93. The van der Waals surface area contributed by atoms with E-state index in [2.05, 4.69) is 5.32 Å². The Morgan fingerprint density at radius 2 is 1.68 bits per heavy atom. The summed E-state index contributed by atoms with van der Waals surface area (Å²) in [5.41, 5.74) is 0.654. The molecule has 2 atom stereocenters. The second-order valence-electron chi connectivity index (χ2n) is 6.34. The highest BCUT2D eigenvalue weighted by Crippen LogP contribution is 2.24. The van der Waals surface area contributed by atoms with Gasteiger partial charge < -0.3 is 10.1 Å². The van der Waals surface area contributed by atoms with Crippen molar-refractivity contribution in [3.8, 4) is 5.75 Å². The number of rotatable bonds is 7. The third-order valence-corrected chi connectivity index (χ3v) is 5.46. The largest absolute Gasteiger partial charge is 0.497 e. The van der Waals surface area contributed by atoms with Crippen molar-refractivity contribution in [2.45, 2.75) is 25.9 Å².